The van der Waals surface area contributed by atoms with Gasteiger partial charge in [-0.2, -0.15) is 0 Å². The molecule has 168 valence electrons. The summed E-state index contributed by atoms with van der Waals surface area (Å²) in [6.07, 6.45) is 17.8. The number of hydrogen-bond donors (Lipinski definition) is 0. The molecule has 0 aromatic heterocycles. The Hall–Kier alpha value is -1.56. The average molecular weight is 417 g/mol. The van der Waals surface area contributed by atoms with E-state index >= 15 is 0 Å². The molecule has 0 radical (unpaired) electrons. The number of aryl methyl sites for hydroxylation is 2. The molecule has 0 heterocycles. The molecule has 2 saturated carbocycles. The van der Waals surface area contributed by atoms with Gasteiger partial charge in [0.2, 0.25) is 0 Å². The van der Waals surface area contributed by atoms with Crippen molar-refractivity contribution in [1.82, 2.24) is 0 Å². The summed E-state index contributed by atoms with van der Waals surface area (Å²) in [5.41, 5.74) is 6.15. The standard InChI is InChI=1S/C31H44/c1-3-5-25-10-18-29(19-11-25)31-22-14-27(15-23-31)7-6-26-12-20-30(21-13-26)28-16-8-24(4-2)9-17-28/h12-15,20-25,28-29H,3-11,16-19H2,1-2H3/t24-,25-,28-,29-. The predicted molar refractivity (Wildman–Crippen MR) is 135 cm³/mol. The van der Waals surface area contributed by atoms with Crippen LogP contribution in [0.25, 0.3) is 0 Å². The number of hydrogen-bond acceptors (Lipinski definition) is 0. The molecule has 0 heteroatoms. The molecule has 2 aromatic rings. The molecule has 0 atom stereocenters. The van der Waals surface area contributed by atoms with Crippen LogP contribution in [0.5, 0.6) is 0 Å². The molecule has 0 unspecified atom stereocenters. The Labute approximate surface area is 191 Å². The Morgan fingerprint density at radius 3 is 1.35 bits per heavy atom. The monoisotopic (exact) mass is 416 g/mol. The molecule has 31 heavy (non-hydrogen) atoms. The van der Waals surface area contributed by atoms with Crippen molar-refractivity contribution in [3.05, 3.63) is 70.8 Å². The Morgan fingerprint density at radius 2 is 0.968 bits per heavy atom. The van der Waals surface area contributed by atoms with Gasteiger partial charge >= 0.3 is 0 Å². The van der Waals surface area contributed by atoms with Crippen LogP contribution in [0.3, 0.4) is 0 Å². The van der Waals surface area contributed by atoms with Gasteiger partial charge in [0.05, 0.1) is 0 Å². The van der Waals surface area contributed by atoms with Crippen LogP contribution >= 0.6 is 0 Å². The van der Waals surface area contributed by atoms with Crippen LogP contribution in [0.4, 0.5) is 0 Å². The maximum absolute atomic E-state index is 2.43. The fraction of sp³-hybridized carbons (Fsp3) is 0.613. The first kappa shape index (κ1) is 22.6. The van der Waals surface area contributed by atoms with E-state index in [1.54, 1.807) is 11.1 Å². The first-order valence-electron chi connectivity index (χ1n) is 13.4. The van der Waals surface area contributed by atoms with Crippen molar-refractivity contribution >= 4 is 0 Å². The number of rotatable bonds is 8. The quantitative estimate of drug-likeness (QED) is 0.402. The topological polar surface area (TPSA) is 0 Å². The molecule has 0 N–H and O–H groups in total. The van der Waals surface area contributed by atoms with Crippen LogP contribution in [-0.4, -0.2) is 0 Å². The second-order valence-electron chi connectivity index (χ2n) is 10.6. The van der Waals surface area contributed by atoms with Crippen LogP contribution in [0.2, 0.25) is 0 Å². The van der Waals surface area contributed by atoms with Crippen molar-refractivity contribution in [3.63, 3.8) is 0 Å². The molecule has 2 fully saturated rings. The zero-order valence-corrected chi connectivity index (χ0v) is 20.1. The van der Waals surface area contributed by atoms with Crippen LogP contribution in [0.15, 0.2) is 48.5 Å². The third-order valence-electron chi connectivity index (χ3n) is 8.57. The molecule has 0 saturated heterocycles. The van der Waals surface area contributed by atoms with Gasteiger partial charge in [-0.05, 0) is 110 Å². The van der Waals surface area contributed by atoms with Crippen molar-refractivity contribution in [1.29, 1.82) is 0 Å². The molecule has 2 aliphatic rings. The third-order valence-corrected chi connectivity index (χ3v) is 8.57. The van der Waals surface area contributed by atoms with Gasteiger partial charge in [0.1, 0.15) is 0 Å². The summed E-state index contributed by atoms with van der Waals surface area (Å²) in [4.78, 5) is 0. The Kier molecular flexibility index (Phi) is 8.28. The molecule has 0 nitrogen and oxygen atoms in total. The molecule has 4 rings (SSSR count). The minimum absolute atomic E-state index is 0.807. The van der Waals surface area contributed by atoms with Gasteiger partial charge in [-0.1, -0.05) is 81.6 Å². The van der Waals surface area contributed by atoms with Gasteiger partial charge in [0.15, 0.2) is 0 Å². The second kappa shape index (κ2) is 11.3. The maximum Gasteiger partial charge on any atom is -0.0162 e. The summed E-state index contributed by atoms with van der Waals surface area (Å²) in [6.45, 7) is 4.68. The highest BCUT2D eigenvalue weighted by Crippen LogP contribution is 2.38. The van der Waals surface area contributed by atoms with Crippen molar-refractivity contribution in [2.45, 2.75) is 109 Å². The number of benzene rings is 2. The lowest BCUT2D eigenvalue weighted by atomic mass is 9.77. The van der Waals surface area contributed by atoms with E-state index in [0.717, 1.165) is 36.5 Å². The first-order chi connectivity index (χ1) is 15.2. The van der Waals surface area contributed by atoms with Crippen molar-refractivity contribution < 1.29 is 0 Å². The normalized spacial score (nSPS) is 26.6. The zero-order chi connectivity index (χ0) is 21.5. The average Bonchev–Trinajstić information content (AvgIpc) is 2.84. The van der Waals surface area contributed by atoms with Crippen molar-refractivity contribution in [2.75, 3.05) is 0 Å². The largest absolute Gasteiger partial charge is 0.0654 e. The molecule has 0 aliphatic heterocycles. The Bertz CT molecular complexity index is 753. The van der Waals surface area contributed by atoms with Gasteiger partial charge in [-0.25, -0.2) is 0 Å². The summed E-state index contributed by atoms with van der Waals surface area (Å²) in [5, 5.41) is 0. The highest BCUT2D eigenvalue weighted by molar-refractivity contribution is 5.29. The van der Waals surface area contributed by atoms with Gasteiger partial charge in [-0.15, -0.1) is 0 Å². The minimum Gasteiger partial charge on any atom is -0.0654 e. The molecule has 0 amide bonds. The second-order valence-corrected chi connectivity index (χ2v) is 10.6. The summed E-state index contributed by atoms with van der Waals surface area (Å²) in [7, 11) is 0. The van der Waals surface area contributed by atoms with E-state index in [1.165, 1.54) is 81.8 Å². The molecule has 2 aromatic carbocycles. The molecule has 0 bridgehead atoms. The van der Waals surface area contributed by atoms with Gasteiger partial charge in [0.25, 0.3) is 0 Å². The minimum atomic E-state index is 0.807. The van der Waals surface area contributed by atoms with E-state index in [4.69, 9.17) is 0 Å². The highest BCUT2D eigenvalue weighted by Gasteiger charge is 2.22. The lowest BCUT2D eigenvalue weighted by Crippen LogP contribution is -2.13. The lowest BCUT2D eigenvalue weighted by molar-refractivity contribution is 0.308. The third kappa shape index (κ3) is 6.24. The van der Waals surface area contributed by atoms with Crippen LogP contribution in [0, 0.1) is 11.8 Å². The predicted octanol–water partition coefficient (Wildman–Crippen LogP) is 9.23. The van der Waals surface area contributed by atoms with Crippen molar-refractivity contribution in [3.8, 4) is 0 Å². The van der Waals surface area contributed by atoms with E-state index in [2.05, 4.69) is 62.4 Å². The smallest absolute Gasteiger partial charge is 0.0162 e. The SMILES string of the molecule is CCC[C@H]1CC[C@H](c2ccc(CCc3ccc([C@H]4CC[C@H](CC)CC4)cc3)cc2)CC1. The maximum atomic E-state index is 2.43. The van der Waals surface area contributed by atoms with Crippen LogP contribution < -0.4 is 0 Å². The lowest BCUT2D eigenvalue weighted by Gasteiger charge is -2.28. The molecular formula is C31H44. The van der Waals surface area contributed by atoms with E-state index in [9.17, 15) is 0 Å². The molecule has 0 spiro atoms. The van der Waals surface area contributed by atoms with Gasteiger partial charge in [0, 0.05) is 0 Å². The van der Waals surface area contributed by atoms with E-state index < -0.39 is 0 Å². The van der Waals surface area contributed by atoms with E-state index in [0.29, 0.717) is 0 Å². The van der Waals surface area contributed by atoms with Gasteiger partial charge in [-0.3, -0.25) is 0 Å². The van der Waals surface area contributed by atoms with E-state index in [-0.39, 0.29) is 0 Å². The molecular weight excluding hydrogens is 372 g/mol. The van der Waals surface area contributed by atoms with Crippen LogP contribution in [-0.2, 0) is 12.8 Å². The van der Waals surface area contributed by atoms with Crippen LogP contribution in [0.1, 0.15) is 119 Å². The highest BCUT2D eigenvalue weighted by atomic mass is 14.3. The van der Waals surface area contributed by atoms with E-state index in [1.807, 2.05) is 0 Å². The zero-order valence-electron chi connectivity index (χ0n) is 20.1. The Morgan fingerprint density at radius 1 is 0.548 bits per heavy atom. The van der Waals surface area contributed by atoms with Crippen molar-refractivity contribution in [2.24, 2.45) is 11.8 Å². The van der Waals surface area contributed by atoms with Gasteiger partial charge < -0.3 is 0 Å². The summed E-state index contributed by atoms with van der Waals surface area (Å²) in [6, 6.07) is 19.3. The summed E-state index contributed by atoms with van der Waals surface area (Å²) in [5.74, 6) is 3.60. The fourth-order valence-corrected chi connectivity index (χ4v) is 6.30. The Balaban J connectivity index is 1.24. The molecule has 2 aliphatic carbocycles. The first-order valence-corrected chi connectivity index (χ1v) is 13.4. The fourth-order valence-electron chi connectivity index (χ4n) is 6.30. The summed E-state index contributed by atoms with van der Waals surface area (Å²) >= 11 is 0. The summed E-state index contributed by atoms with van der Waals surface area (Å²) < 4.78 is 0.